The number of hydrogen-bond acceptors (Lipinski definition) is 4. The Hall–Kier alpha value is -3.20. The van der Waals surface area contributed by atoms with E-state index in [1.807, 2.05) is 6.07 Å². The van der Waals surface area contributed by atoms with Crippen molar-refractivity contribution in [1.82, 2.24) is 25.0 Å². The van der Waals surface area contributed by atoms with Crippen LogP contribution < -0.4 is 11.3 Å². The molecule has 0 bridgehead atoms. The quantitative estimate of drug-likeness (QED) is 0.381. The van der Waals surface area contributed by atoms with Crippen LogP contribution in [-0.4, -0.2) is 25.0 Å². The first-order valence-electron chi connectivity index (χ1n) is 8.05. The molecule has 0 radical (unpaired) electrons. The van der Waals surface area contributed by atoms with Crippen LogP contribution in [0.3, 0.4) is 0 Å². The highest BCUT2D eigenvalue weighted by Gasteiger charge is 2.20. The molecule has 5 aromatic rings. The largest absolute Gasteiger partial charge is 0.394 e. The Bertz CT molecular complexity index is 1450. The van der Waals surface area contributed by atoms with E-state index in [1.165, 1.54) is 12.3 Å². The molecule has 9 heteroatoms. The number of fused-ring (bicyclic) bond motifs is 4. The number of benzene rings is 2. The zero-order chi connectivity index (χ0) is 18.9. The van der Waals surface area contributed by atoms with Gasteiger partial charge in [-0.05, 0) is 17.7 Å². The summed E-state index contributed by atoms with van der Waals surface area (Å²) in [4.78, 5) is 15.5. The molecule has 134 valence electrons. The normalized spacial score (nSPS) is 11.8. The van der Waals surface area contributed by atoms with Gasteiger partial charge in [0.25, 0.3) is 5.56 Å². The van der Waals surface area contributed by atoms with Crippen LogP contribution in [0.5, 0.6) is 0 Å². The number of anilines is 1. The number of nitrogens with one attached hydrogen (secondary N) is 2. The molecule has 0 aliphatic carbocycles. The number of halogens is 2. The third kappa shape index (κ3) is 2.08. The third-order valence-corrected chi connectivity index (χ3v) is 5.49. The zero-order valence-corrected chi connectivity index (χ0v) is 15.6. The number of nitrogens with two attached hydrogens (primary N) is 1. The molecule has 5 rings (SSSR count). The fourth-order valence-corrected chi connectivity index (χ4v) is 4.11. The lowest BCUT2D eigenvalue weighted by molar-refractivity contribution is 0.636. The Morgan fingerprint density at radius 3 is 2.81 bits per heavy atom. The van der Waals surface area contributed by atoms with Gasteiger partial charge in [-0.2, -0.15) is 10.2 Å². The maximum atomic E-state index is 14.1. The number of pyridine rings is 1. The first kappa shape index (κ1) is 16.0. The molecule has 7 nitrogen and oxygen atoms in total. The van der Waals surface area contributed by atoms with E-state index in [0.29, 0.717) is 22.0 Å². The van der Waals surface area contributed by atoms with Crippen LogP contribution in [-0.2, 0) is 7.05 Å². The van der Waals surface area contributed by atoms with Gasteiger partial charge in [0, 0.05) is 33.2 Å². The average molecular weight is 427 g/mol. The number of hydrogen-bond donors (Lipinski definition) is 3. The highest BCUT2D eigenvalue weighted by molar-refractivity contribution is 9.10. The fraction of sp³-hybridized carbons (Fsp3) is 0.0556. The van der Waals surface area contributed by atoms with E-state index in [2.05, 4.69) is 36.2 Å². The van der Waals surface area contributed by atoms with E-state index < -0.39 is 11.4 Å². The van der Waals surface area contributed by atoms with Crippen LogP contribution in [0, 0.1) is 5.82 Å². The van der Waals surface area contributed by atoms with E-state index in [-0.39, 0.29) is 11.2 Å². The minimum atomic E-state index is -0.422. The topological polar surface area (TPSA) is 105 Å². The second-order valence-electron chi connectivity index (χ2n) is 6.31. The van der Waals surface area contributed by atoms with Gasteiger partial charge in [0.05, 0.1) is 23.4 Å². The highest BCUT2D eigenvalue weighted by Crippen LogP contribution is 2.40. The molecule has 3 aromatic heterocycles. The zero-order valence-electron chi connectivity index (χ0n) is 14.0. The monoisotopic (exact) mass is 426 g/mol. The first-order chi connectivity index (χ1) is 13.0. The summed E-state index contributed by atoms with van der Waals surface area (Å²) in [6.07, 6.45) is 3.25. The van der Waals surface area contributed by atoms with Gasteiger partial charge in [0.15, 0.2) is 0 Å². The Morgan fingerprint density at radius 2 is 2.00 bits per heavy atom. The van der Waals surface area contributed by atoms with E-state index in [1.54, 1.807) is 24.0 Å². The molecule has 0 aliphatic rings. The van der Waals surface area contributed by atoms with Gasteiger partial charge in [0.1, 0.15) is 17.0 Å². The summed E-state index contributed by atoms with van der Waals surface area (Å²) < 4.78 is 16.6. The van der Waals surface area contributed by atoms with Gasteiger partial charge in [-0.1, -0.05) is 22.0 Å². The molecule has 0 aliphatic heterocycles. The Kier molecular flexibility index (Phi) is 3.20. The van der Waals surface area contributed by atoms with Crippen molar-refractivity contribution in [3.8, 4) is 11.1 Å². The van der Waals surface area contributed by atoms with Crippen molar-refractivity contribution in [2.45, 2.75) is 0 Å². The summed E-state index contributed by atoms with van der Waals surface area (Å²) in [6.45, 7) is 0. The Morgan fingerprint density at radius 1 is 1.19 bits per heavy atom. The number of nitrogens with zero attached hydrogens (tertiary/aromatic N) is 3. The first-order valence-corrected chi connectivity index (χ1v) is 8.84. The number of nitrogen functional groups attached to an aromatic ring is 1. The molecule has 0 unspecified atom stereocenters. The molecule has 0 saturated heterocycles. The summed E-state index contributed by atoms with van der Waals surface area (Å²) >= 11 is 3.57. The lowest BCUT2D eigenvalue weighted by Gasteiger charge is -2.13. The van der Waals surface area contributed by atoms with Crippen molar-refractivity contribution in [3.05, 3.63) is 51.2 Å². The van der Waals surface area contributed by atoms with Crippen LogP contribution in [0.15, 0.2) is 39.9 Å². The van der Waals surface area contributed by atoms with Gasteiger partial charge in [-0.3, -0.25) is 14.6 Å². The van der Waals surface area contributed by atoms with Gasteiger partial charge in [-0.15, -0.1) is 0 Å². The van der Waals surface area contributed by atoms with E-state index in [9.17, 15) is 9.18 Å². The molecule has 4 N–H and O–H groups in total. The molecule has 0 atom stereocenters. The molecule has 0 fully saturated rings. The van der Waals surface area contributed by atoms with Crippen LogP contribution in [0.2, 0.25) is 0 Å². The van der Waals surface area contributed by atoms with Crippen molar-refractivity contribution >= 4 is 54.3 Å². The summed E-state index contributed by atoms with van der Waals surface area (Å²) in [7, 11) is 1.80. The van der Waals surface area contributed by atoms with Crippen molar-refractivity contribution in [1.29, 1.82) is 0 Å². The minimum Gasteiger partial charge on any atom is -0.394 e. The van der Waals surface area contributed by atoms with Gasteiger partial charge >= 0.3 is 0 Å². The summed E-state index contributed by atoms with van der Waals surface area (Å²) in [5.41, 5.74) is 8.63. The van der Waals surface area contributed by atoms with Crippen LogP contribution in [0.25, 0.3) is 43.8 Å². The van der Waals surface area contributed by atoms with Gasteiger partial charge < -0.3 is 10.7 Å². The number of rotatable bonds is 1. The molecule has 0 saturated carbocycles. The van der Waals surface area contributed by atoms with E-state index in [4.69, 9.17) is 5.73 Å². The molecular weight excluding hydrogens is 415 g/mol. The van der Waals surface area contributed by atoms with Crippen molar-refractivity contribution < 1.29 is 4.39 Å². The minimum absolute atomic E-state index is 0.0602. The predicted molar refractivity (Wildman–Crippen MR) is 106 cm³/mol. The molecule has 27 heavy (non-hydrogen) atoms. The number of aromatic amines is 2. The van der Waals surface area contributed by atoms with Gasteiger partial charge in [0.2, 0.25) is 0 Å². The lowest BCUT2D eigenvalue weighted by Crippen LogP contribution is -2.14. The molecule has 2 aromatic carbocycles. The highest BCUT2D eigenvalue weighted by atomic mass is 79.9. The SMILES string of the molecule is Cn1ncc2c(Br)cc3c(-c4ccc(F)c5[nH]ncc45)c(N)c(=O)[nH]c3c21. The second-order valence-corrected chi connectivity index (χ2v) is 7.16. The van der Waals surface area contributed by atoms with Crippen LogP contribution >= 0.6 is 15.9 Å². The smallest absolute Gasteiger partial charge is 0.272 e. The Balaban J connectivity index is 2.05. The lowest BCUT2D eigenvalue weighted by atomic mass is 9.96. The number of aromatic nitrogens is 5. The van der Waals surface area contributed by atoms with Crippen LogP contribution in [0.1, 0.15) is 0 Å². The maximum absolute atomic E-state index is 14.1. The van der Waals surface area contributed by atoms with E-state index >= 15 is 0 Å². The Labute approximate surface area is 159 Å². The van der Waals surface area contributed by atoms with Crippen molar-refractivity contribution in [2.75, 3.05) is 5.73 Å². The molecular formula is C18H12BrFN6O. The standard InChI is InChI=1S/C18H12BrFN6O/c1-26-17-10(6-23-26)11(19)4-8-13(14(21)18(27)24-16(8)17)7-2-3-12(20)15-9(7)5-22-25-15/h2-6H,21H2,1H3,(H,22,25)(H,24,27). The van der Waals surface area contributed by atoms with Crippen molar-refractivity contribution in [3.63, 3.8) is 0 Å². The number of aryl methyl sites for hydroxylation is 1. The van der Waals surface area contributed by atoms with E-state index in [0.717, 1.165) is 20.8 Å². The van der Waals surface area contributed by atoms with Crippen molar-refractivity contribution in [2.24, 2.45) is 7.05 Å². The number of H-pyrrole nitrogens is 2. The fourth-order valence-electron chi connectivity index (χ4n) is 3.59. The third-order valence-electron chi connectivity index (χ3n) is 4.83. The predicted octanol–water partition coefficient (Wildman–Crippen LogP) is 3.44. The summed E-state index contributed by atoms with van der Waals surface area (Å²) in [6, 6.07) is 4.83. The molecule has 0 spiro atoms. The molecule has 0 amide bonds. The summed E-state index contributed by atoms with van der Waals surface area (Å²) in [5.74, 6) is -0.422. The van der Waals surface area contributed by atoms with Crippen LogP contribution in [0.4, 0.5) is 10.1 Å². The van der Waals surface area contributed by atoms with Gasteiger partial charge in [-0.25, -0.2) is 4.39 Å². The average Bonchev–Trinajstić information content (AvgIpc) is 3.27. The second kappa shape index (κ2) is 5.40. The maximum Gasteiger partial charge on any atom is 0.272 e. The molecule has 3 heterocycles. The summed E-state index contributed by atoms with van der Waals surface area (Å²) in [5, 5.41) is 13.0.